The van der Waals surface area contributed by atoms with Crippen LogP contribution >= 0.6 is 0 Å². The second-order valence-electron chi connectivity index (χ2n) is 9.44. The smallest absolute Gasteiger partial charge is 0.00141 e. The van der Waals surface area contributed by atoms with E-state index in [0.717, 1.165) is 11.1 Å². The van der Waals surface area contributed by atoms with Crippen molar-refractivity contribution >= 4 is 55.2 Å². The second-order valence-corrected chi connectivity index (χ2v) is 9.44. The molecule has 0 saturated heterocycles. The quantitative estimate of drug-likeness (QED) is 0.182. The Morgan fingerprint density at radius 1 is 0.389 bits per heavy atom. The van der Waals surface area contributed by atoms with Crippen molar-refractivity contribution in [1.82, 2.24) is 0 Å². The van der Waals surface area contributed by atoms with Crippen LogP contribution in [0, 0.1) is 0 Å². The number of fused-ring (bicyclic) bond motifs is 2. The van der Waals surface area contributed by atoms with Crippen LogP contribution in [0.3, 0.4) is 0 Å². The summed E-state index contributed by atoms with van der Waals surface area (Å²) in [5.41, 5.74) is 7.25. The summed E-state index contributed by atoms with van der Waals surface area (Å²) in [5, 5.41) is 10.5. The van der Waals surface area contributed by atoms with Gasteiger partial charge in [0.15, 0.2) is 0 Å². The average Bonchev–Trinajstić information content (AvgIpc) is 2.95. The van der Waals surface area contributed by atoms with Gasteiger partial charge in [0.1, 0.15) is 0 Å². The molecule has 0 spiro atoms. The van der Waals surface area contributed by atoms with E-state index in [-0.39, 0.29) is 0 Å². The van der Waals surface area contributed by atoms with Crippen molar-refractivity contribution in [2.45, 2.75) is 0 Å². The van der Waals surface area contributed by atoms with Gasteiger partial charge in [0.25, 0.3) is 0 Å². The van der Waals surface area contributed by atoms with Gasteiger partial charge in [0, 0.05) is 0 Å². The van der Waals surface area contributed by atoms with Gasteiger partial charge in [-0.2, -0.15) is 0 Å². The van der Waals surface area contributed by atoms with Gasteiger partial charge in [-0.15, -0.1) is 0 Å². The first-order valence-corrected chi connectivity index (χ1v) is 12.3. The lowest BCUT2D eigenvalue weighted by atomic mass is 9.83. The molecule has 0 aromatic heterocycles. The van der Waals surface area contributed by atoms with E-state index < -0.39 is 0 Å². The first-order valence-electron chi connectivity index (χ1n) is 12.3. The molecule has 0 amide bonds. The molecule has 7 aromatic rings. The zero-order chi connectivity index (χ0) is 24.2. The van der Waals surface area contributed by atoms with Crippen molar-refractivity contribution in [1.29, 1.82) is 0 Å². The van der Waals surface area contributed by atoms with E-state index in [4.69, 9.17) is 0 Å². The van der Waals surface area contributed by atoms with Crippen molar-refractivity contribution in [2.75, 3.05) is 0 Å². The lowest BCUT2D eigenvalue weighted by Gasteiger charge is -2.20. The van der Waals surface area contributed by atoms with Gasteiger partial charge in [-0.05, 0) is 76.5 Å². The molecule has 0 aliphatic carbocycles. The van der Waals surface area contributed by atoms with Crippen LogP contribution in [0.25, 0.3) is 77.5 Å². The van der Waals surface area contributed by atoms with Gasteiger partial charge in [0.05, 0.1) is 0 Å². The summed E-state index contributed by atoms with van der Waals surface area (Å²) in [6.07, 6.45) is 3.79. The zero-order valence-electron chi connectivity index (χ0n) is 20.0. The molecule has 0 heterocycles. The molecule has 0 radical (unpaired) electrons. The van der Waals surface area contributed by atoms with Gasteiger partial charge in [-0.1, -0.05) is 135 Å². The number of hydrogen-bond acceptors (Lipinski definition) is 0. The van der Waals surface area contributed by atoms with Crippen LogP contribution in [0.5, 0.6) is 0 Å². The highest BCUT2D eigenvalue weighted by atomic mass is 14.2. The van der Waals surface area contributed by atoms with Gasteiger partial charge >= 0.3 is 0 Å². The fraction of sp³-hybridized carbons (Fsp3) is 0. The standard InChI is InChI=1S/C36H24/c1-3-23-11-15-25(16-12-23)29-21-19-27-7-6-10-32-33(27)35(29)31-9-5-8-28-20-22-30(36(32)34(28)31)26-17-13-24(4-2)14-18-26/h3-22H,1-2H2. The largest absolute Gasteiger partial charge is 0.0985 e. The molecule has 0 nitrogen and oxygen atoms in total. The van der Waals surface area contributed by atoms with E-state index in [1.807, 2.05) is 12.2 Å². The van der Waals surface area contributed by atoms with Gasteiger partial charge < -0.3 is 0 Å². The van der Waals surface area contributed by atoms with Crippen molar-refractivity contribution in [3.8, 4) is 22.3 Å². The Balaban J connectivity index is 1.67. The molecule has 0 fully saturated rings. The fourth-order valence-corrected chi connectivity index (χ4v) is 5.81. The Kier molecular flexibility index (Phi) is 4.56. The number of benzene rings is 7. The molecule has 168 valence electrons. The summed E-state index contributed by atoms with van der Waals surface area (Å²) in [6, 6.07) is 40.0. The van der Waals surface area contributed by atoms with Crippen molar-refractivity contribution in [2.24, 2.45) is 0 Å². The van der Waals surface area contributed by atoms with Crippen molar-refractivity contribution in [3.05, 3.63) is 133 Å². The predicted octanol–water partition coefficient (Wildman–Crippen LogP) is 10.4. The molecule has 36 heavy (non-hydrogen) atoms. The van der Waals surface area contributed by atoms with Crippen LogP contribution in [0.2, 0.25) is 0 Å². The summed E-state index contributed by atoms with van der Waals surface area (Å²) < 4.78 is 0. The van der Waals surface area contributed by atoms with Gasteiger partial charge in [-0.3, -0.25) is 0 Å². The lowest BCUT2D eigenvalue weighted by molar-refractivity contribution is 1.63. The maximum atomic E-state index is 3.92. The molecule has 0 aliphatic heterocycles. The number of hydrogen-bond donors (Lipinski definition) is 0. The average molecular weight is 457 g/mol. The molecule has 0 bridgehead atoms. The number of rotatable bonds is 4. The minimum Gasteiger partial charge on any atom is -0.0985 e. The van der Waals surface area contributed by atoms with Gasteiger partial charge in [0.2, 0.25) is 0 Å². The summed E-state index contributed by atoms with van der Waals surface area (Å²) in [4.78, 5) is 0. The van der Waals surface area contributed by atoms with Gasteiger partial charge in [-0.25, -0.2) is 0 Å². The van der Waals surface area contributed by atoms with Crippen LogP contribution < -0.4 is 0 Å². The molecule has 7 aromatic carbocycles. The van der Waals surface area contributed by atoms with E-state index in [9.17, 15) is 0 Å². The molecule has 7 rings (SSSR count). The molecular formula is C36H24. The van der Waals surface area contributed by atoms with E-state index in [1.165, 1.54) is 65.3 Å². The SMILES string of the molecule is C=Cc1ccc(-c2ccc3cccc4c5c(-c6ccc(C=C)cc6)ccc6cccc(c2c34)c65)cc1. The maximum absolute atomic E-state index is 3.92. The third-order valence-electron chi connectivity index (χ3n) is 7.54. The Morgan fingerprint density at radius 2 is 0.806 bits per heavy atom. The Morgan fingerprint density at radius 3 is 1.19 bits per heavy atom. The Hall–Kier alpha value is -4.68. The molecule has 0 atom stereocenters. The highest BCUT2D eigenvalue weighted by Gasteiger charge is 2.18. The van der Waals surface area contributed by atoms with Crippen LogP contribution in [0.4, 0.5) is 0 Å². The molecule has 0 N–H and O–H groups in total. The Labute approximate surface area is 210 Å². The second kappa shape index (κ2) is 7.93. The highest BCUT2D eigenvalue weighted by Crippen LogP contribution is 2.47. The normalized spacial score (nSPS) is 11.6. The van der Waals surface area contributed by atoms with E-state index in [0.29, 0.717) is 0 Å². The van der Waals surface area contributed by atoms with Crippen LogP contribution in [0.1, 0.15) is 11.1 Å². The fourth-order valence-electron chi connectivity index (χ4n) is 5.81. The minimum atomic E-state index is 1.13. The topological polar surface area (TPSA) is 0 Å². The van der Waals surface area contributed by atoms with Crippen LogP contribution in [0.15, 0.2) is 122 Å². The van der Waals surface area contributed by atoms with Crippen LogP contribution in [-0.2, 0) is 0 Å². The van der Waals surface area contributed by atoms with Crippen molar-refractivity contribution in [3.63, 3.8) is 0 Å². The van der Waals surface area contributed by atoms with Crippen molar-refractivity contribution < 1.29 is 0 Å². The predicted molar refractivity (Wildman–Crippen MR) is 159 cm³/mol. The van der Waals surface area contributed by atoms with E-state index >= 15 is 0 Å². The van der Waals surface area contributed by atoms with E-state index in [1.54, 1.807) is 0 Å². The lowest BCUT2D eigenvalue weighted by Crippen LogP contribution is -1.92. The third-order valence-corrected chi connectivity index (χ3v) is 7.54. The first kappa shape index (κ1) is 20.7. The summed E-state index contributed by atoms with van der Waals surface area (Å²) in [5.74, 6) is 0. The van der Waals surface area contributed by atoms with E-state index in [2.05, 4.69) is 122 Å². The summed E-state index contributed by atoms with van der Waals surface area (Å²) in [6.45, 7) is 7.84. The monoisotopic (exact) mass is 456 g/mol. The molecular weight excluding hydrogens is 432 g/mol. The first-order chi connectivity index (χ1) is 17.8. The van der Waals surface area contributed by atoms with Crippen LogP contribution in [-0.4, -0.2) is 0 Å². The molecule has 0 unspecified atom stereocenters. The minimum absolute atomic E-state index is 1.13. The molecule has 0 heteroatoms. The Bertz CT molecular complexity index is 1790. The zero-order valence-corrected chi connectivity index (χ0v) is 20.0. The third kappa shape index (κ3) is 2.95. The summed E-state index contributed by atoms with van der Waals surface area (Å²) >= 11 is 0. The highest BCUT2D eigenvalue weighted by molar-refractivity contribution is 6.37. The maximum Gasteiger partial charge on any atom is -0.00141 e. The molecule has 0 saturated carbocycles. The molecule has 0 aliphatic rings. The summed E-state index contributed by atoms with van der Waals surface area (Å²) in [7, 11) is 0.